The lowest BCUT2D eigenvalue weighted by Gasteiger charge is -2.30. The van der Waals surface area contributed by atoms with Crippen LogP contribution in [-0.2, 0) is 0 Å². The van der Waals surface area contributed by atoms with Crippen LogP contribution in [0.2, 0.25) is 0 Å². The maximum Gasteiger partial charge on any atom is 0.161 e. The van der Waals surface area contributed by atoms with Crippen LogP contribution in [0, 0.1) is 12.8 Å². The van der Waals surface area contributed by atoms with Gasteiger partial charge in [0.05, 0.1) is 0 Å². The second-order valence-electron chi connectivity index (χ2n) is 6.76. The van der Waals surface area contributed by atoms with Crippen molar-refractivity contribution in [3.05, 3.63) is 36.3 Å². The van der Waals surface area contributed by atoms with Crippen molar-refractivity contribution in [1.82, 2.24) is 19.9 Å². The Morgan fingerprint density at radius 1 is 1.17 bits per heavy atom. The first kappa shape index (κ1) is 16.8. The van der Waals surface area contributed by atoms with Crippen molar-refractivity contribution < 1.29 is 0 Å². The van der Waals surface area contributed by atoms with E-state index in [0.29, 0.717) is 0 Å². The minimum Gasteiger partial charge on any atom is -0.370 e. The summed E-state index contributed by atoms with van der Waals surface area (Å²) in [6.45, 7) is 8.97. The van der Waals surface area contributed by atoms with Crippen LogP contribution in [0.5, 0.6) is 0 Å². The molecule has 2 aromatic heterocycles. The molecule has 0 aliphatic carbocycles. The number of likely N-dealkylation sites (tertiary alicyclic amines) is 1. The number of aryl methyl sites for hydroxylation is 1. The Morgan fingerprint density at radius 2 is 1.92 bits per heavy atom. The average molecular weight is 325 g/mol. The Bertz CT molecular complexity index is 635. The molecule has 1 aliphatic rings. The number of nitrogens with zero attached hydrogens (tertiary/aromatic N) is 4. The van der Waals surface area contributed by atoms with Crippen molar-refractivity contribution in [2.75, 3.05) is 31.5 Å². The molecule has 3 rings (SSSR count). The van der Waals surface area contributed by atoms with Crippen LogP contribution < -0.4 is 5.32 Å². The molecule has 1 aliphatic heterocycles. The highest BCUT2D eigenvalue weighted by molar-refractivity contribution is 5.56. The van der Waals surface area contributed by atoms with Gasteiger partial charge in [0.25, 0.3) is 0 Å². The molecule has 1 N–H and O–H groups in total. The highest BCUT2D eigenvalue weighted by atomic mass is 15.1. The van der Waals surface area contributed by atoms with E-state index in [-0.39, 0.29) is 0 Å². The summed E-state index contributed by atoms with van der Waals surface area (Å²) in [5.74, 6) is 2.56. The molecule has 3 heterocycles. The minimum atomic E-state index is 0.755. The van der Waals surface area contributed by atoms with E-state index in [0.717, 1.165) is 41.8 Å². The fraction of sp³-hybridized carbons (Fsp3) is 0.526. The molecule has 1 saturated heterocycles. The summed E-state index contributed by atoms with van der Waals surface area (Å²) in [7, 11) is 0. The van der Waals surface area contributed by atoms with E-state index in [2.05, 4.69) is 32.1 Å². The van der Waals surface area contributed by atoms with Gasteiger partial charge in [0.1, 0.15) is 5.82 Å². The number of nitrogens with one attached hydrogen (secondary N) is 1. The molecule has 0 unspecified atom stereocenters. The van der Waals surface area contributed by atoms with Gasteiger partial charge in [0.2, 0.25) is 0 Å². The molecule has 0 atom stereocenters. The zero-order chi connectivity index (χ0) is 16.8. The van der Waals surface area contributed by atoms with Gasteiger partial charge in [0.15, 0.2) is 5.82 Å². The molecule has 0 amide bonds. The summed E-state index contributed by atoms with van der Waals surface area (Å²) in [4.78, 5) is 15.8. The first-order chi connectivity index (χ1) is 11.7. The molecule has 0 spiro atoms. The summed E-state index contributed by atoms with van der Waals surface area (Å²) in [6, 6.07) is 5.89. The molecule has 5 heteroatoms. The van der Waals surface area contributed by atoms with Gasteiger partial charge in [-0.25, -0.2) is 9.97 Å². The monoisotopic (exact) mass is 325 g/mol. The molecule has 0 aromatic carbocycles. The first-order valence-electron chi connectivity index (χ1n) is 8.93. The minimum absolute atomic E-state index is 0.755. The van der Waals surface area contributed by atoms with Gasteiger partial charge in [-0.1, -0.05) is 6.92 Å². The van der Waals surface area contributed by atoms with Crippen molar-refractivity contribution >= 4 is 5.82 Å². The van der Waals surface area contributed by atoms with E-state index in [1.165, 1.54) is 32.5 Å². The van der Waals surface area contributed by atoms with Crippen LogP contribution in [0.3, 0.4) is 0 Å². The molecule has 2 aromatic rings. The Kier molecular flexibility index (Phi) is 5.75. The highest BCUT2D eigenvalue weighted by Gasteiger charge is 2.14. The van der Waals surface area contributed by atoms with Crippen LogP contribution >= 0.6 is 0 Å². The van der Waals surface area contributed by atoms with Crippen LogP contribution in [0.4, 0.5) is 5.82 Å². The Balaban J connectivity index is 1.51. The lowest BCUT2D eigenvalue weighted by Crippen LogP contribution is -2.34. The SMILES string of the molecule is Cc1cc(NCCCN2CCC(C)CC2)nc(-c2ccncc2)n1. The molecular formula is C19H27N5. The number of pyridine rings is 1. The van der Waals surface area contributed by atoms with Crippen molar-refractivity contribution in [2.24, 2.45) is 5.92 Å². The third-order valence-electron chi connectivity index (χ3n) is 4.63. The summed E-state index contributed by atoms with van der Waals surface area (Å²) in [5.41, 5.74) is 1.98. The normalized spacial score (nSPS) is 16.2. The van der Waals surface area contributed by atoms with Gasteiger partial charge in [-0.2, -0.15) is 0 Å². The standard InChI is InChI=1S/C19H27N5/c1-15-6-12-24(13-7-15)11-3-8-21-18-14-16(2)22-19(23-18)17-4-9-20-10-5-17/h4-5,9-10,14-15H,3,6-8,11-13H2,1-2H3,(H,21,22,23). The summed E-state index contributed by atoms with van der Waals surface area (Å²) < 4.78 is 0. The Morgan fingerprint density at radius 3 is 2.67 bits per heavy atom. The van der Waals surface area contributed by atoms with Gasteiger partial charge in [-0.15, -0.1) is 0 Å². The molecule has 0 radical (unpaired) electrons. The number of piperidine rings is 1. The number of hydrogen-bond donors (Lipinski definition) is 1. The van der Waals surface area contributed by atoms with Gasteiger partial charge >= 0.3 is 0 Å². The largest absolute Gasteiger partial charge is 0.370 e. The summed E-state index contributed by atoms with van der Waals surface area (Å²) in [5, 5.41) is 3.45. The number of anilines is 1. The van der Waals surface area contributed by atoms with E-state index >= 15 is 0 Å². The average Bonchev–Trinajstić information content (AvgIpc) is 2.61. The van der Waals surface area contributed by atoms with E-state index < -0.39 is 0 Å². The lowest BCUT2D eigenvalue weighted by molar-refractivity contribution is 0.192. The quantitative estimate of drug-likeness (QED) is 0.825. The summed E-state index contributed by atoms with van der Waals surface area (Å²) in [6.07, 6.45) is 7.37. The van der Waals surface area contributed by atoms with Crippen LogP contribution in [-0.4, -0.2) is 46.0 Å². The second kappa shape index (κ2) is 8.20. The maximum atomic E-state index is 4.63. The van der Waals surface area contributed by atoms with Crippen molar-refractivity contribution in [3.63, 3.8) is 0 Å². The van der Waals surface area contributed by atoms with Crippen LogP contribution in [0.1, 0.15) is 31.9 Å². The number of aromatic nitrogens is 3. The van der Waals surface area contributed by atoms with Gasteiger partial charge in [-0.3, -0.25) is 4.98 Å². The molecule has 0 saturated carbocycles. The Labute approximate surface area is 144 Å². The maximum absolute atomic E-state index is 4.63. The molecule has 128 valence electrons. The number of rotatable bonds is 6. The van der Waals surface area contributed by atoms with Crippen molar-refractivity contribution in [2.45, 2.75) is 33.1 Å². The van der Waals surface area contributed by atoms with Gasteiger partial charge < -0.3 is 10.2 Å². The van der Waals surface area contributed by atoms with E-state index in [1.54, 1.807) is 12.4 Å². The highest BCUT2D eigenvalue weighted by Crippen LogP contribution is 2.18. The van der Waals surface area contributed by atoms with Crippen molar-refractivity contribution in [1.29, 1.82) is 0 Å². The fourth-order valence-corrected chi connectivity index (χ4v) is 3.09. The van der Waals surface area contributed by atoms with Gasteiger partial charge in [-0.05, 0) is 63.9 Å². The smallest absolute Gasteiger partial charge is 0.161 e. The third-order valence-corrected chi connectivity index (χ3v) is 4.63. The van der Waals surface area contributed by atoms with Crippen molar-refractivity contribution in [3.8, 4) is 11.4 Å². The molecule has 5 nitrogen and oxygen atoms in total. The topological polar surface area (TPSA) is 53.9 Å². The predicted octanol–water partition coefficient (Wildman–Crippen LogP) is 3.38. The fourth-order valence-electron chi connectivity index (χ4n) is 3.09. The number of hydrogen-bond acceptors (Lipinski definition) is 5. The predicted molar refractivity (Wildman–Crippen MR) is 97.9 cm³/mol. The molecule has 0 bridgehead atoms. The second-order valence-corrected chi connectivity index (χ2v) is 6.76. The first-order valence-corrected chi connectivity index (χ1v) is 8.93. The summed E-state index contributed by atoms with van der Waals surface area (Å²) >= 11 is 0. The van der Waals surface area contributed by atoms with E-state index in [9.17, 15) is 0 Å². The zero-order valence-corrected chi connectivity index (χ0v) is 14.7. The molecule has 24 heavy (non-hydrogen) atoms. The molecular weight excluding hydrogens is 298 g/mol. The molecule has 1 fully saturated rings. The van der Waals surface area contributed by atoms with Crippen LogP contribution in [0.15, 0.2) is 30.6 Å². The zero-order valence-electron chi connectivity index (χ0n) is 14.7. The van der Waals surface area contributed by atoms with Gasteiger partial charge in [0, 0.05) is 36.3 Å². The Hall–Kier alpha value is -2.01. The lowest BCUT2D eigenvalue weighted by atomic mass is 9.99. The van der Waals surface area contributed by atoms with E-state index in [4.69, 9.17) is 0 Å². The van der Waals surface area contributed by atoms with Crippen LogP contribution in [0.25, 0.3) is 11.4 Å². The third kappa shape index (κ3) is 4.74. The van der Waals surface area contributed by atoms with E-state index in [1.807, 2.05) is 25.1 Å².